The number of alkyl halides is 3. The molecule has 0 fully saturated rings. The molecule has 0 bridgehead atoms. The minimum Gasteiger partial charge on any atom is -0.496 e. The van der Waals surface area contributed by atoms with Gasteiger partial charge in [-0.3, -0.25) is 4.79 Å². The maximum atomic E-state index is 12.5. The van der Waals surface area contributed by atoms with Crippen LogP contribution in [0.25, 0.3) is 0 Å². The zero-order valence-corrected chi connectivity index (χ0v) is 14.4. The van der Waals surface area contributed by atoms with Crippen LogP contribution >= 0.6 is 0 Å². The first-order valence-corrected chi connectivity index (χ1v) is 8.20. The van der Waals surface area contributed by atoms with E-state index in [-0.39, 0.29) is 12.3 Å². The molecule has 26 heavy (non-hydrogen) atoms. The van der Waals surface area contributed by atoms with Crippen molar-refractivity contribution in [1.29, 1.82) is 0 Å². The lowest BCUT2D eigenvalue weighted by atomic mass is 10.1. The smallest absolute Gasteiger partial charge is 0.416 e. The fourth-order valence-electron chi connectivity index (χ4n) is 2.43. The monoisotopic (exact) mass is 366 g/mol. The van der Waals surface area contributed by atoms with E-state index in [0.717, 1.165) is 23.4 Å². The van der Waals surface area contributed by atoms with E-state index in [9.17, 15) is 18.0 Å². The molecule has 0 atom stereocenters. The molecule has 0 aliphatic heterocycles. The Bertz CT molecular complexity index is 715. The third-order valence-electron chi connectivity index (χ3n) is 3.80. The molecule has 0 saturated carbocycles. The molecule has 4 nitrogen and oxygen atoms in total. The lowest BCUT2D eigenvalue weighted by Crippen LogP contribution is -2.27. The van der Waals surface area contributed by atoms with Crippen LogP contribution in [0, 0.1) is 0 Å². The molecule has 0 saturated heterocycles. The lowest BCUT2D eigenvalue weighted by molar-refractivity contribution is -0.137. The molecular weight excluding hydrogens is 345 g/mol. The van der Waals surface area contributed by atoms with Crippen molar-refractivity contribution in [2.45, 2.75) is 19.0 Å². The zero-order valence-electron chi connectivity index (χ0n) is 14.4. The molecular formula is C19H21F3N2O2. The molecule has 140 valence electrons. The SMILES string of the molecule is COc1ccccc1CCNC(=O)CCNc1ccc(C(F)(F)F)cc1. The van der Waals surface area contributed by atoms with Crippen LogP contribution < -0.4 is 15.4 Å². The van der Waals surface area contributed by atoms with Crippen LogP contribution in [0.3, 0.4) is 0 Å². The molecule has 0 aromatic heterocycles. The van der Waals surface area contributed by atoms with E-state index >= 15 is 0 Å². The number of halogens is 3. The highest BCUT2D eigenvalue weighted by Crippen LogP contribution is 2.29. The van der Waals surface area contributed by atoms with Crippen LogP contribution in [0.4, 0.5) is 18.9 Å². The number of carbonyl (C=O) groups is 1. The number of para-hydroxylation sites is 1. The van der Waals surface area contributed by atoms with E-state index in [1.54, 1.807) is 7.11 Å². The summed E-state index contributed by atoms with van der Waals surface area (Å²) >= 11 is 0. The molecule has 0 spiro atoms. The zero-order chi connectivity index (χ0) is 19.0. The van der Waals surface area contributed by atoms with Crippen molar-refractivity contribution in [3.05, 3.63) is 59.7 Å². The largest absolute Gasteiger partial charge is 0.496 e. The van der Waals surface area contributed by atoms with Crippen LogP contribution in [0.15, 0.2) is 48.5 Å². The number of ether oxygens (including phenoxy) is 1. The predicted molar refractivity (Wildman–Crippen MR) is 94.3 cm³/mol. The Balaban J connectivity index is 1.69. The van der Waals surface area contributed by atoms with Crippen LogP contribution in [0.1, 0.15) is 17.5 Å². The molecule has 2 N–H and O–H groups in total. The molecule has 7 heteroatoms. The maximum absolute atomic E-state index is 12.5. The van der Waals surface area contributed by atoms with Crippen molar-refractivity contribution in [3.8, 4) is 5.75 Å². The summed E-state index contributed by atoms with van der Waals surface area (Å²) in [5.74, 6) is 0.657. The van der Waals surface area contributed by atoms with Gasteiger partial charge in [-0.1, -0.05) is 18.2 Å². The first-order valence-electron chi connectivity index (χ1n) is 8.20. The van der Waals surface area contributed by atoms with Gasteiger partial charge in [0.15, 0.2) is 0 Å². The van der Waals surface area contributed by atoms with Crippen molar-refractivity contribution < 1.29 is 22.7 Å². The summed E-state index contributed by atoms with van der Waals surface area (Å²) in [6, 6.07) is 12.3. The quantitative estimate of drug-likeness (QED) is 0.746. The number of rotatable bonds is 8. The molecule has 1 amide bonds. The van der Waals surface area contributed by atoms with Gasteiger partial charge in [-0.15, -0.1) is 0 Å². The van der Waals surface area contributed by atoms with Gasteiger partial charge in [0.2, 0.25) is 5.91 Å². The van der Waals surface area contributed by atoms with Gasteiger partial charge in [0.1, 0.15) is 5.75 Å². The molecule has 0 unspecified atom stereocenters. The average molecular weight is 366 g/mol. The second-order valence-electron chi connectivity index (χ2n) is 5.66. The second-order valence-corrected chi connectivity index (χ2v) is 5.66. The first-order chi connectivity index (χ1) is 12.4. The Morgan fingerprint density at radius 1 is 1.04 bits per heavy atom. The lowest BCUT2D eigenvalue weighted by Gasteiger charge is -2.10. The Labute approximate surface area is 150 Å². The van der Waals surface area contributed by atoms with Gasteiger partial charge in [-0.25, -0.2) is 0 Å². The first kappa shape index (κ1) is 19.6. The molecule has 0 radical (unpaired) electrons. The highest BCUT2D eigenvalue weighted by atomic mass is 19.4. The van der Waals surface area contributed by atoms with Gasteiger partial charge < -0.3 is 15.4 Å². The highest BCUT2D eigenvalue weighted by molar-refractivity contribution is 5.76. The number of methoxy groups -OCH3 is 1. The van der Waals surface area contributed by atoms with Crippen LogP contribution in [-0.2, 0) is 17.4 Å². The minimum absolute atomic E-state index is 0.126. The van der Waals surface area contributed by atoms with Crippen molar-refractivity contribution >= 4 is 11.6 Å². The maximum Gasteiger partial charge on any atom is 0.416 e. The van der Waals surface area contributed by atoms with Crippen molar-refractivity contribution in [2.75, 3.05) is 25.5 Å². The minimum atomic E-state index is -4.35. The number of hydrogen-bond acceptors (Lipinski definition) is 3. The number of anilines is 1. The van der Waals surface area contributed by atoms with Crippen LogP contribution in [0.2, 0.25) is 0 Å². The Morgan fingerprint density at radius 2 is 1.73 bits per heavy atom. The number of amides is 1. The molecule has 2 aromatic carbocycles. The van der Waals surface area contributed by atoms with Gasteiger partial charge in [-0.2, -0.15) is 13.2 Å². The third-order valence-corrected chi connectivity index (χ3v) is 3.80. The summed E-state index contributed by atoms with van der Waals surface area (Å²) in [6.45, 7) is 0.825. The Hall–Kier alpha value is -2.70. The highest BCUT2D eigenvalue weighted by Gasteiger charge is 2.29. The second kappa shape index (κ2) is 9.12. The van der Waals surface area contributed by atoms with Gasteiger partial charge in [0.25, 0.3) is 0 Å². The molecule has 2 aromatic rings. The van der Waals surface area contributed by atoms with Gasteiger partial charge >= 0.3 is 6.18 Å². The summed E-state index contributed by atoms with van der Waals surface area (Å²) in [6.07, 6.45) is -3.46. The molecule has 2 rings (SSSR count). The van der Waals surface area contributed by atoms with Gasteiger partial charge in [0.05, 0.1) is 12.7 Å². The fraction of sp³-hybridized carbons (Fsp3) is 0.316. The average Bonchev–Trinajstić information content (AvgIpc) is 2.62. The standard InChI is InChI=1S/C19H21F3N2O2/c1-26-17-5-3-2-4-14(17)10-12-24-18(25)11-13-23-16-8-6-15(7-9-16)19(20,21)22/h2-9,23H,10-13H2,1H3,(H,24,25). The normalized spacial score (nSPS) is 11.1. The summed E-state index contributed by atoms with van der Waals surface area (Å²) in [5.41, 5.74) is 0.857. The molecule has 0 aliphatic rings. The summed E-state index contributed by atoms with van der Waals surface area (Å²) < 4.78 is 42.7. The van der Waals surface area contributed by atoms with Crippen molar-refractivity contribution in [1.82, 2.24) is 5.32 Å². The van der Waals surface area contributed by atoms with Gasteiger partial charge in [-0.05, 0) is 42.3 Å². The van der Waals surface area contributed by atoms with E-state index in [0.29, 0.717) is 25.2 Å². The number of hydrogen-bond donors (Lipinski definition) is 2. The number of benzene rings is 2. The summed E-state index contributed by atoms with van der Waals surface area (Å²) in [7, 11) is 1.60. The summed E-state index contributed by atoms with van der Waals surface area (Å²) in [5, 5.41) is 5.75. The van der Waals surface area contributed by atoms with E-state index in [4.69, 9.17) is 4.74 Å². The van der Waals surface area contributed by atoms with E-state index in [1.165, 1.54) is 12.1 Å². The Kier molecular flexibility index (Phi) is 6.89. The Morgan fingerprint density at radius 3 is 2.38 bits per heavy atom. The van der Waals surface area contributed by atoms with Crippen molar-refractivity contribution in [2.24, 2.45) is 0 Å². The third kappa shape index (κ3) is 5.98. The predicted octanol–water partition coefficient (Wildman–Crippen LogP) is 3.87. The molecule has 0 heterocycles. The number of nitrogens with one attached hydrogen (secondary N) is 2. The topological polar surface area (TPSA) is 50.4 Å². The van der Waals surface area contributed by atoms with Gasteiger partial charge in [0, 0.05) is 25.2 Å². The van der Waals surface area contributed by atoms with Crippen LogP contribution in [-0.4, -0.2) is 26.1 Å². The molecule has 0 aliphatic carbocycles. The van der Waals surface area contributed by atoms with Crippen molar-refractivity contribution in [3.63, 3.8) is 0 Å². The van der Waals surface area contributed by atoms with E-state index in [1.807, 2.05) is 24.3 Å². The summed E-state index contributed by atoms with van der Waals surface area (Å²) in [4.78, 5) is 11.8. The number of carbonyl (C=O) groups excluding carboxylic acids is 1. The van der Waals surface area contributed by atoms with E-state index < -0.39 is 11.7 Å². The fourth-order valence-corrected chi connectivity index (χ4v) is 2.43. The van der Waals surface area contributed by atoms with E-state index in [2.05, 4.69) is 10.6 Å². The van der Waals surface area contributed by atoms with Crippen LogP contribution in [0.5, 0.6) is 5.75 Å².